The first-order valence-corrected chi connectivity index (χ1v) is 7.22. The maximum Gasteiger partial charge on any atom is 0.127 e. The molecule has 1 aliphatic heterocycles. The Morgan fingerprint density at radius 1 is 1.53 bits per heavy atom. The summed E-state index contributed by atoms with van der Waals surface area (Å²) in [5, 5.41) is 11.0. The number of rotatable bonds is 4. The van der Waals surface area contributed by atoms with Gasteiger partial charge in [-0.05, 0) is 60.3 Å². The molecule has 2 heterocycles. The molecule has 0 spiro atoms. The maximum atomic E-state index is 7.65. The predicted molar refractivity (Wildman–Crippen MR) is 80.0 cm³/mol. The summed E-state index contributed by atoms with van der Waals surface area (Å²) in [5.41, 5.74) is 2.14. The van der Waals surface area contributed by atoms with Crippen molar-refractivity contribution in [2.45, 2.75) is 32.4 Å². The van der Waals surface area contributed by atoms with Crippen LogP contribution in [0.25, 0.3) is 5.70 Å². The summed E-state index contributed by atoms with van der Waals surface area (Å²) >= 11 is 3.37. The lowest BCUT2D eigenvalue weighted by atomic mass is 10.1. The van der Waals surface area contributed by atoms with Gasteiger partial charge in [-0.1, -0.05) is 6.07 Å². The smallest absolute Gasteiger partial charge is 0.127 e. The van der Waals surface area contributed by atoms with Crippen LogP contribution in [0.2, 0.25) is 0 Å². The molecule has 0 radical (unpaired) electrons. The van der Waals surface area contributed by atoms with Gasteiger partial charge in [0.2, 0.25) is 0 Å². The largest absolute Gasteiger partial charge is 0.359 e. The van der Waals surface area contributed by atoms with Gasteiger partial charge in [0.15, 0.2) is 0 Å². The third-order valence-electron chi connectivity index (χ3n) is 2.85. The third kappa shape index (κ3) is 4.44. The molecule has 1 atom stereocenters. The molecule has 1 fully saturated rings. The van der Waals surface area contributed by atoms with Crippen LogP contribution in [0, 0.1) is 5.41 Å². The van der Waals surface area contributed by atoms with Gasteiger partial charge in [-0.2, -0.15) is 0 Å². The standard InChI is InChI=1S/C14H18BrN3O/c1-10(16)9-12(11-5-4-6-13(15)17-11)18-14-7-2-3-8-19-14/h4-6,9,14,16,18H,2-3,7-8H2,1H3/b12-9-,16-10?. The van der Waals surface area contributed by atoms with Crippen LogP contribution in [0.3, 0.4) is 0 Å². The van der Waals surface area contributed by atoms with Gasteiger partial charge in [-0.25, -0.2) is 4.98 Å². The van der Waals surface area contributed by atoms with Gasteiger partial charge in [-0.3, -0.25) is 0 Å². The van der Waals surface area contributed by atoms with E-state index >= 15 is 0 Å². The summed E-state index contributed by atoms with van der Waals surface area (Å²) in [6.07, 6.45) is 5.08. The minimum absolute atomic E-state index is 0.0140. The Balaban J connectivity index is 2.18. The molecular formula is C14H18BrN3O. The molecule has 0 aromatic carbocycles. The molecule has 2 rings (SSSR count). The normalized spacial score (nSPS) is 20.1. The molecule has 0 bridgehead atoms. The fourth-order valence-corrected chi connectivity index (χ4v) is 2.34. The average molecular weight is 324 g/mol. The van der Waals surface area contributed by atoms with Crippen LogP contribution in [0.4, 0.5) is 0 Å². The fourth-order valence-electron chi connectivity index (χ4n) is 1.99. The van der Waals surface area contributed by atoms with Crippen LogP contribution >= 0.6 is 15.9 Å². The van der Waals surface area contributed by atoms with E-state index in [-0.39, 0.29) is 6.23 Å². The number of nitrogens with one attached hydrogen (secondary N) is 2. The zero-order valence-electron chi connectivity index (χ0n) is 10.9. The number of hydrogen-bond acceptors (Lipinski definition) is 4. The lowest BCUT2D eigenvalue weighted by Gasteiger charge is -2.25. The van der Waals surface area contributed by atoms with Gasteiger partial charge in [0.05, 0.1) is 11.4 Å². The van der Waals surface area contributed by atoms with E-state index < -0.39 is 0 Å². The van der Waals surface area contributed by atoms with E-state index in [1.807, 2.05) is 18.2 Å². The van der Waals surface area contributed by atoms with Crippen LogP contribution in [0.5, 0.6) is 0 Å². The average Bonchev–Trinajstić information content (AvgIpc) is 2.39. The Morgan fingerprint density at radius 2 is 2.37 bits per heavy atom. The van der Waals surface area contributed by atoms with Crippen molar-refractivity contribution < 1.29 is 4.74 Å². The minimum Gasteiger partial charge on any atom is -0.359 e. The number of ether oxygens (including phenoxy) is 1. The summed E-state index contributed by atoms with van der Waals surface area (Å²) in [6, 6.07) is 5.74. The lowest BCUT2D eigenvalue weighted by Crippen LogP contribution is -2.34. The molecule has 1 aromatic heterocycles. The number of pyridine rings is 1. The van der Waals surface area contributed by atoms with E-state index in [1.54, 1.807) is 13.0 Å². The van der Waals surface area contributed by atoms with E-state index in [2.05, 4.69) is 26.2 Å². The van der Waals surface area contributed by atoms with Gasteiger partial charge in [0, 0.05) is 12.3 Å². The quantitative estimate of drug-likeness (QED) is 0.660. The number of aromatic nitrogens is 1. The summed E-state index contributed by atoms with van der Waals surface area (Å²) in [6.45, 7) is 2.54. The molecule has 4 nitrogen and oxygen atoms in total. The van der Waals surface area contributed by atoms with Crippen LogP contribution in [-0.2, 0) is 4.74 Å². The molecule has 1 aliphatic rings. The number of nitrogens with zero attached hydrogens (tertiary/aromatic N) is 1. The van der Waals surface area contributed by atoms with E-state index in [9.17, 15) is 0 Å². The maximum absolute atomic E-state index is 7.65. The summed E-state index contributed by atoms with van der Waals surface area (Å²) in [7, 11) is 0. The van der Waals surface area contributed by atoms with Gasteiger partial charge >= 0.3 is 0 Å². The third-order valence-corrected chi connectivity index (χ3v) is 3.29. The molecule has 102 valence electrons. The number of hydrogen-bond donors (Lipinski definition) is 2. The number of halogens is 1. The Morgan fingerprint density at radius 3 is 3.00 bits per heavy atom. The first-order chi connectivity index (χ1) is 9.15. The van der Waals surface area contributed by atoms with Crippen LogP contribution in [0.1, 0.15) is 31.9 Å². The highest BCUT2D eigenvalue weighted by Gasteiger charge is 2.16. The topological polar surface area (TPSA) is 58.0 Å². The molecular weight excluding hydrogens is 306 g/mol. The molecule has 2 N–H and O–H groups in total. The molecule has 1 unspecified atom stereocenters. The summed E-state index contributed by atoms with van der Waals surface area (Å²) < 4.78 is 6.46. The van der Waals surface area contributed by atoms with Crippen LogP contribution in [0.15, 0.2) is 28.9 Å². The first kappa shape index (κ1) is 14.2. The Kier molecular flexibility index (Phi) is 5.10. The van der Waals surface area contributed by atoms with Crippen molar-refractivity contribution in [3.05, 3.63) is 34.6 Å². The van der Waals surface area contributed by atoms with Crippen LogP contribution < -0.4 is 5.32 Å². The monoisotopic (exact) mass is 323 g/mol. The highest BCUT2D eigenvalue weighted by Crippen LogP contribution is 2.17. The van der Waals surface area contributed by atoms with Gasteiger partial charge in [-0.15, -0.1) is 0 Å². The SMILES string of the molecule is CC(=N)/C=C(\NC1CCCCO1)c1cccc(Br)n1. The molecule has 19 heavy (non-hydrogen) atoms. The molecule has 0 aliphatic carbocycles. The van der Waals surface area contributed by atoms with Crippen molar-refractivity contribution in [2.24, 2.45) is 0 Å². The second-order valence-electron chi connectivity index (χ2n) is 4.59. The van der Waals surface area contributed by atoms with Crippen molar-refractivity contribution in [2.75, 3.05) is 6.61 Å². The van der Waals surface area contributed by atoms with Crippen molar-refractivity contribution in [3.8, 4) is 0 Å². The van der Waals surface area contributed by atoms with Crippen molar-refractivity contribution in [3.63, 3.8) is 0 Å². The van der Waals surface area contributed by atoms with Gasteiger partial charge in [0.25, 0.3) is 0 Å². The molecule has 0 saturated carbocycles. The molecule has 1 aromatic rings. The van der Waals surface area contributed by atoms with E-state index in [0.29, 0.717) is 5.71 Å². The molecule has 5 heteroatoms. The highest BCUT2D eigenvalue weighted by atomic mass is 79.9. The van der Waals surface area contributed by atoms with E-state index in [4.69, 9.17) is 10.1 Å². The second-order valence-corrected chi connectivity index (χ2v) is 5.40. The fraction of sp³-hybridized carbons (Fsp3) is 0.429. The molecule has 0 amide bonds. The highest BCUT2D eigenvalue weighted by molar-refractivity contribution is 9.10. The van der Waals surface area contributed by atoms with Crippen molar-refractivity contribution in [1.29, 1.82) is 5.41 Å². The molecule has 1 saturated heterocycles. The summed E-state index contributed by atoms with van der Waals surface area (Å²) in [4.78, 5) is 4.43. The second kappa shape index (κ2) is 6.82. The first-order valence-electron chi connectivity index (χ1n) is 6.43. The van der Waals surface area contributed by atoms with E-state index in [0.717, 1.165) is 35.4 Å². The number of allylic oxidation sites excluding steroid dienone is 1. The van der Waals surface area contributed by atoms with E-state index in [1.165, 1.54) is 6.42 Å². The zero-order valence-corrected chi connectivity index (χ0v) is 12.5. The summed E-state index contributed by atoms with van der Waals surface area (Å²) in [5.74, 6) is 0. The van der Waals surface area contributed by atoms with Gasteiger partial charge in [0.1, 0.15) is 10.8 Å². The van der Waals surface area contributed by atoms with Crippen molar-refractivity contribution in [1.82, 2.24) is 10.3 Å². The predicted octanol–water partition coefficient (Wildman–Crippen LogP) is 3.34. The van der Waals surface area contributed by atoms with Crippen molar-refractivity contribution >= 4 is 27.3 Å². The zero-order chi connectivity index (χ0) is 13.7. The van der Waals surface area contributed by atoms with Crippen LogP contribution in [-0.4, -0.2) is 23.5 Å². The van der Waals surface area contributed by atoms with Gasteiger partial charge < -0.3 is 15.5 Å². The Bertz CT molecular complexity index is 481. The Hall–Kier alpha value is -1.20. The minimum atomic E-state index is 0.0140. The Labute approximate surface area is 121 Å². The lowest BCUT2D eigenvalue weighted by molar-refractivity contribution is 0.00528.